The molecule has 100 valence electrons. The van der Waals surface area contributed by atoms with Crippen molar-refractivity contribution >= 4 is 5.91 Å². The van der Waals surface area contributed by atoms with E-state index >= 15 is 0 Å². The maximum atomic E-state index is 12.4. The smallest absolute Gasteiger partial charge is 0.257 e. The van der Waals surface area contributed by atoms with E-state index in [9.17, 15) is 9.90 Å². The number of para-hydroxylation sites is 1. The van der Waals surface area contributed by atoms with E-state index in [0.29, 0.717) is 18.0 Å². The third kappa shape index (κ3) is 3.25. The summed E-state index contributed by atoms with van der Waals surface area (Å²) in [6.07, 6.45) is 1.05. The molecule has 0 bridgehead atoms. The van der Waals surface area contributed by atoms with E-state index in [1.165, 1.54) is 0 Å². The number of benzene rings is 1. The van der Waals surface area contributed by atoms with E-state index in [-0.39, 0.29) is 11.7 Å². The molecule has 1 unspecified atom stereocenters. The van der Waals surface area contributed by atoms with Gasteiger partial charge in [0.15, 0.2) is 0 Å². The van der Waals surface area contributed by atoms with Crippen LogP contribution in [-0.2, 0) is 0 Å². The van der Waals surface area contributed by atoms with Crippen LogP contribution in [0, 0.1) is 12.8 Å². The van der Waals surface area contributed by atoms with Crippen molar-refractivity contribution in [1.29, 1.82) is 0 Å². The lowest BCUT2D eigenvalue weighted by Gasteiger charge is -2.24. The summed E-state index contributed by atoms with van der Waals surface area (Å²) in [4.78, 5) is 14.2. The first-order valence-electron chi connectivity index (χ1n) is 6.59. The van der Waals surface area contributed by atoms with Gasteiger partial charge < -0.3 is 10.0 Å². The fourth-order valence-corrected chi connectivity index (χ4v) is 1.86. The van der Waals surface area contributed by atoms with E-state index in [2.05, 4.69) is 13.8 Å². The molecule has 1 amide bonds. The molecule has 1 rings (SSSR count). The third-order valence-corrected chi connectivity index (χ3v) is 3.37. The van der Waals surface area contributed by atoms with Crippen LogP contribution in [0.2, 0.25) is 0 Å². The van der Waals surface area contributed by atoms with Crippen LogP contribution in [0.1, 0.15) is 43.1 Å². The quantitative estimate of drug-likeness (QED) is 0.870. The van der Waals surface area contributed by atoms with Crippen LogP contribution in [0.3, 0.4) is 0 Å². The fourth-order valence-electron chi connectivity index (χ4n) is 1.86. The maximum Gasteiger partial charge on any atom is 0.257 e. The van der Waals surface area contributed by atoms with Gasteiger partial charge in [-0.25, -0.2) is 0 Å². The van der Waals surface area contributed by atoms with E-state index in [4.69, 9.17) is 0 Å². The minimum Gasteiger partial charge on any atom is -0.507 e. The second-order valence-electron chi connectivity index (χ2n) is 4.83. The maximum absolute atomic E-state index is 12.4. The Labute approximate surface area is 109 Å². The molecule has 0 aromatic heterocycles. The van der Waals surface area contributed by atoms with Crippen LogP contribution in [0.5, 0.6) is 5.75 Å². The number of aromatic hydroxyl groups is 1. The van der Waals surface area contributed by atoms with Crippen molar-refractivity contribution in [2.75, 3.05) is 13.1 Å². The molecule has 0 aliphatic carbocycles. The number of carbonyl (C=O) groups excluding carboxylic acids is 1. The van der Waals surface area contributed by atoms with Gasteiger partial charge in [-0.3, -0.25) is 4.79 Å². The summed E-state index contributed by atoms with van der Waals surface area (Å²) in [5.74, 6) is 0.491. The molecule has 0 saturated carbocycles. The molecule has 0 radical (unpaired) electrons. The predicted octanol–water partition coefficient (Wildman–Crippen LogP) is 3.21. The molecule has 0 heterocycles. The molecule has 3 heteroatoms. The summed E-state index contributed by atoms with van der Waals surface area (Å²) >= 11 is 0. The van der Waals surface area contributed by atoms with Gasteiger partial charge in [-0.05, 0) is 31.4 Å². The molecule has 0 spiro atoms. The van der Waals surface area contributed by atoms with E-state index in [0.717, 1.165) is 18.5 Å². The van der Waals surface area contributed by atoms with Crippen LogP contribution in [0.25, 0.3) is 0 Å². The summed E-state index contributed by atoms with van der Waals surface area (Å²) in [5.41, 5.74) is 1.14. The Hall–Kier alpha value is -1.51. The van der Waals surface area contributed by atoms with Crippen LogP contribution < -0.4 is 0 Å². The van der Waals surface area contributed by atoms with E-state index in [1.807, 2.05) is 6.92 Å². The first-order valence-corrected chi connectivity index (χ1v) is 6.59. The number of nitrogens with zero attached hydrogens (tertiary/aromatic N) is 1. The predicted molar refractivity (Wildman–Crippen MR) is 73.9 cm³/mol. The summed E-state index contributed by atoms with van der Waals surface area (Å²) in [6.45, 7) is 9.42. The molecule has 0 aliphatic heterocycles. The summed E-state index contributed by atoms with van der Waals surface area (Å²) in [6, 6.07) is 5.29. The summed E-state index contributed by atoms with van der Waals surface area (Å²) in [7, 11) is 0. The van der Waals surface area contributed by atoms with Crippen LogP contribution in [0.15, 0.2) is 18.2 Å². The van der Waals surface area contributed by atoms with Crippen LogP contribution in [-0.4, -0.2) is 29.0 Å². The molecular formula is C15H23NO2. The highest BCUT2D eigenvalue weighted by molar-refractivity contribution is 5.97. The SMILES string of the molecule is CCC(C)CN(CC)C(=O)c1cccc(C)c1O. The zero-order chi connectivity index (χ0) is 13.7. The lowest BCUT2D eigenvalue weighted by molar-refractivity contribution is 0.0737. The Morgan fingerprint density at radius 2 is 2.06 bits per heavy atom. The zero-order valence-electron chi connectivity index (χ0n) is 11.7. The van der Waals surface area contributed by atoms with Crippen molar-refractivity contribution in [3.63, 3.8) is 0 Å². The molecule has 3 nitrogen and oxygen atoms in total. The van der Waals surface area contributed by atoms with Gasteiger partial charge >= 0.3 is 0 Å². The Kier molecular flexibility index (Phi) is 5.20. The Balaban J connectivity index is 2.93. The van der Waals surface area contributed by atoms with Crippen LogP contribution >= 0.6 is 0 Å². The van der Waals surface area contributed by atoms with Crippen molar-refractivity contribution < 1.29 is 9.90 Å². The molecule has 0 saturated heterocycles. The fraction of sp³-hybridized carbons (Fsp3) is 0.533. The molecule has 0 aliphatic rings. The molecular weight excluding hydrogens is 226 g/mol. The number of phenolic OH excluding ortho intramolecular Hbond substituents is 1. The summed E-state index contributed by atoms with van der Waals surface area (Å²) < 4.78 is 0. The lowest BCUT2D eigenvalue weighted by atomic mass is 10.1. The van der Waals surface area contributed by atoms with Crippen molar-refractivity contribution in [1.82, 2.24) is 4.90 Å². The average molecular weight is 249 g/mol. The number of hydrogen-bond acceptors (Lipinski definition) is 2. The minimum absolute atomic E-state index is 0.0843. The Morgan fingerprint density at radius 3 is 2.61 bits per heavy atom. The van der Waals surface area contributed by atoms with Gasteiger partial charge in [-0.1, -0.05) is 32.4 Å². The number of hydrogen-bond donors (Lipinski definition) is 1. The molecule has 1 atom stereocenters. The van der Waals surface area contributed by atoms with Crippen molar-refractivity contribution in [2.45, 2.75) is 34.1 Å². The van der Waals surface area contributed by atoms with Gasteiger partial charge in [0.25, 0.3) is 5.91 Å². The Morgan fingerprint density at radius 1 is 1.39 bits per heavy atom. The second-order valence-corrected chi connectivity index (χ2v) is 4.83. The standard InChI is InChI=1S/C15H23NO2/c1-5-11(3)10-16(6-2)15(18)13-9-7-8-12(4)14(13)17/h7-9,11,17H,5-6,10H2,1-4H3. The molecule has 1 aromatic rings. The first kappa shape index (κ1) is 14.6. The van der Waals surface area contributed by atoms with Crippen LogP contribution in [0.4, 0.5) is 0 Å². The number of carbonyl (C=O) groups is 1. The molecule has 18 heavy (non-hydrogen) atoms. The normalized spacial score (nSPS) is 12.2. The van der Waals surface area contributed by atoms with Gasteiger partial charge in [0.2, 0.25) is 0 Å². The summed E-state index contributed by atoms with van der Waals surface area (Å²) in [5, 5.41) is 9.96. The second kappa shape index (κ2) is 6.43. The van der Waals surface area contributed by atoms with Gasteiger partial charge in [-0.2, -0.15) is 0 Å². The lowest BCUT2D eigenvalue weighted by Crippen LogP contribution is -2.34. The number of rotatable bonds is 5. The topological polar surface area (TPSA) is 40.5 Å². The molecule has 0 fully saturated rings. The number of phenols is 1. The number of aryl methyl sites for hydroxylation is 1. The van der Waals surface area contributed by atoms with Gasteiger partial charge in [0.05, 0.1) is 5.56 Å². The van der Waals surface area contributed by atoms with Gasteiger partial charge in [0.1, 0.15) is 5.75 Å². The average Bonchev–Trinajstić information content (AvgIpc) is 2.38. The third-order valence-electron chi connectivity index (χ3n) is 3.37. The van der Waals surface area contributed by atoms with E-state index in [1.54, 1.807) is 30.0 Å². The van der Waals surface area contributed by atoms with Crippen molar-refractivity contribution in [3.8, 4) is 5.75 Å². The molecule has 1 N–H and O–H groups in total. The van der Waals surface area contributed by atoms with Crippen molar-refractivity contribution in [3.05, 3.63) is 29.3 Å². The number of amides is 1. The largest absolute Gasteiger partial charge is 0.507 e. The van der Waals surface area contributed by atoms with Crippen molar-refractivity contribution in [2.24, 2.45) is 5.92 Å². The van der Waals surface area contributed by atoms with Gasteiger partial charge in [0, 0.05) is 13.1 Å². The monoisotopic (exact) mass is 249 g/mol. The zero-order valence-corrected chi connectivity index (χ0v) is 11.7. The van der Waals surface area contributed by atoms with E-state index < -0.39 is 0 Å². The highest BCUT2D eigenvalue weighted by Gasteiger charge is 2.19. The highest BCUT2D eigenvalue weighted by atomic mass is 16.3. The minimum atomic E-state index is -0.0843. The molecule has 1 aromatic carbocycles. The highest BCUT2D eigenvalue weighted by Crippen LogP contribution is 2.23. The van der Waals surface area contributed by atoms with Gasteiger partial charge in [-0.15, -0.1) is 0 Å². The Bertz CT molecular complexity index is 415. The first-order chi connectivity index (χ1) is 8.51.